The van der Waals surface area contributed by atoms with Gasteiger partial charge in [0.15, 0.2) is 0 Å². The minimum absolute atomic E-state index is 0.343. The second-order valence-corrected chi connectivity index (χ2v) is 3.91. The van der Waals surface area contributed by atoms with Gasteiger partial charge in [-0.1, -0.05) is 13.8 Å². The van der Waals surface area contributed by atoms with Crippen molar-refractivity contribution in [2.45, 2.75) is 26.7 Å². The second kappa shape index (κ2) is 7.47. The summed E-state index contributed by atoms with van der Waals surface area (Å²) in [6.07, 6.45) is 2.88. The normalized spacial score (nSPS) is 11.9. The van der Waals surface area contributed by atoms with Crippen LogP contribution in [0, 0.1) is 5.92 Å². The molecule has 0 aromatic carbocycles. The molecule has 0 saturated carbocycles. The molecular formula is C12H19N3O3. The summed E-state index contributed by atoms with van der Waals surface area (Å²) in [6, 6.07) is 1.67. The molecule has 6 nitrogen and oxygen atoms in total. The molecule has 1 aromatic rings. The van der Waals surface area contributed by atoms with Gasteiger partial charge in [0.1, 0.15) is 12.1 Å². The van der Waals surface area contributed by atoms with Crippen molar-refractivity contribution in [2.75, 3.05) is 18.5 Å². The van der Waals surface area contributed by atoms with Crippen LogP contribution in [0.25, 0.3) is 0 Å². The summed E-state index contributed by atoms with van der Waals surface area (Å²) in [5.74, 6) is -0.144. The maximum absolute atomic E-state index is 10.9. The molecule has 1 aromatic heterocycles. The van der Waals surface area contributed by atoms with Crippen molar-refractivity contribution in [1.29, 1.82) is 0 Å². The maximum atomic E-state index is 10.9. The predicted octanol–water partition coefficient (Wildman–Crippen LogP) is 1.79. The Labute approximate surface area is 106 Å². The third kappa shape index (κ3) is 4.57. The zero-order valence-electron chi connectivity index (χ0n) is 10.7. The first-order valence-electron chi connectivity index (χ1n) is 6.08. The van der Waals surface area contributed by atoms with Gasteiger partial charge in [0.05, 0.1) is 12.5 Å². The van der Waals surface area contributed by atoms with Crippen molar-refractivity contribution in [3.05, 3.63) is 12.4 Å². The van der Waals surface area contributed by atoms with Crippen LogP contribution >= 0.6 is 0 Å². The molecule has 2 N–H and O–H groups in total. The van der Waals surface area contributed by atoms with E-state index in [2.05, 4.69) is 15.3 Å². The lowest BCUT2D eigenvalue weighted by atomic mass is 10.1. The number of rotatable bonds is 8. The third-order valence-corrected chi connectivity index (χ3v) is 2.47. The lowest BCUT2D eigenvalue weighted by Crippen LogP contribution is -2.22. The van der Waals surface area contributed by atoms with Crippen LogP contribution in [0.2, 0.25) is 0 Å². The molecule has 1 rings (SSSR count). The fourth-order valence-electron chi connectivity index (χ4n) is 1.36. The summed E-state index contributed by atoms with van der Waals surface area (Å²) in [5.41, 5.74) is 0. The number of hydrogen-bond acceptors (Lipinski definition) is 5. The SMILES string of the molecule is CCCOc1cc(NCC(CC)C(=O)O)ncn1. The van der Waals surface area contributed by atoms with Crippen LogP contribution in [0.5, 0.6) is 5.88 Å². The molecule has 18 heavy (non-hydrogen) atoms. The summed E-state index contributed by atoms with van der Waals surface area (Å²) < 4.78 is 5.37. The number of ether oxygens (including phenoxy) is 1. The van der Waals surface area contributed by atoms with Crippen molar-refractivity contribution >= 4 is 11.8 Å². The Bertz CT molecular complexity index is 385. The van der Waals surface area contributed by atoms with Crippen LogP contribution in [0.1, 0.15) is 26.7 Å². The fourth-order valence-corrected chi connectivity index (χ4v) is 1.36. The summed E-state index contributed by atoms with van der Waals surface area (Å²) in [5, 5.41) is 11.9. The lowest BCUT2D eigenvalue weighted by molar-refractivity contribution is -0.141. The van der Waals surface area contributed by atoms with Crippen molar-refractivity contribution < 1.29 is 14.6 Å². The summed E-state index contributed by atoms with van der Waals surface area (Å²) in [4.78, 5) is 18.9. The minimum atomic E-state index is -0.804. The molecule has 6 heteroatoms. The fraction of sp³-hybridized carbons (Fsp3) is 0.583. The molecule has 100 valence electrons. The first-order valence-corrected chi connectivity index (χ1v) is 6.08. The lowest BCUT2D eigenvalue weighted by Gasteiger charge is -2.11. The number of aromatic nitrogens is 2. The number of carbonyl (C=O) groups is 1. The summed E-state index contributed by atoms with van der Waals surface area (Å²) >= 11 is 0. The Kier molecular flexibility index (Phi) is 5.90. The Morgan fingerprint density at radius 3 is 2.89 bits per heavy atom. The highest BCUT2D eigenvalue weighted by Crippen LogP contribution is 2.12. The van der Waals surface area contributed by atoms with E-state index in [1.54, 1.807) is 6.07 Å². The number of carboxylic acids is 1. The number of hydrogen-bond donors (Lipinski definition) is 2. The van der Waals surface area contributed by atoms with Crippen LogP contribution in [0.15, 0.2) is 12.4 Å². The van der Waals surface area contributed by atoms with Crippen LogP contribution in [0.4, 0.5) is 5.82 Å². The van der Waals surface area contributed by atoms with Crippen LogP contribution in [-0.2, 0) is 4.79 Å². The monoisotopic (exact) mass is 253 g/mol. The Morgan fingerprint density at radius 1 is 1.50 bits per heavy atom. The molecule has 0 bridgehead atoms. The number of nitrogens with one attached hydrogen (secondary N) is 1. The summed E-state index contributed by atoms with van der Waals surface area (Å²) in [6.45, 7) is 4.80. The molecular weight excluding hydrogens is 234 g/mol. The molecule has 1 unspecified atom stereocenters. The van der Waals surface area contributed by atoms with Crippen LogP contribution in [0.3, 0.4) is 0 Å². The van der Waals surface area contributed by atoms with Gasteiger partial charge < -0.3 is 15.2 Å². The van der Waals surface area contributed by atoms with Gasteiger partial charge >= 0.3 is 5.97 Å². The largest absolute Gasteiger partial charge is 0.481 e. The van der Waals surface area contributed by atoms with E-state index in [9.17, 15) is 4.79 Å². The van der Waals surface area contributed by atoms with Crippen molar-refractivity contribution in [3.8, 4) is 5.88 Å². The van der Waals surface area contributed by atoms with Gasteiger partial charge in [-0.25, -0.2) is 9.97 Å². The van der Waals surface area contributed by atoms with E-state index in [-0.39, 0.29) is 0 Å². The van der Waals surface area contributed by atoms with Gasteiger partial charge in [-0.05, 0) is 12.8 Å². The van der Waals surface area contributed by atoms with E-state index in [0.29, 0.717) is 31.3 Å². The third-order valence-electron chi connectivity index (χ3n) is 2.47. The van der Waals surface area contributed by atoms with E-state index in [4.69, 9.17) is 9.84 Å². The van der Waals surface area contributed by atoms with E-state index < -0.39 is 11.9 Å². The van der Waals surface area contributed by atoms with E-state index >= 15 is 0 Å². The second-order valence-electron chi connectivity index (χ2n) is 3.91. The molecule has 0 aliphatic heterocycles. The molecule has 0 aliphatic carbocycles. The van der Waals surface area contributed by atoms with Gasteiger partial charge in [0.2, 0.25) is 5.88 Å². The van der Waals surface area contributed by atoms with Crippen molar-refractivity contribution in [3.63, 3.8) is 0 Å². The molecule has 0 aliphatic rings. The first kappa shape index (κ1) is 14.2. The zero-order chi connectivity index (χ0) is 13.4. The van der Waals surface area contributed by atoms with Gasteiger partial charge in [-0.2, -0.15) is 0 Å². The Balaban J connectivity index is 2.53. The standard InChI is InChI=1S/C12H19N3O3/c1-3-5-18-11-6-10(14-8-15-11)13-7-9(4-2)12(16)17/h6,8-9H,3-5,7H2,1-2H3,(H,16,17)(H,13,14,15). The number of anilines is 1. The topological polar surface area (TPSA) is 84.3 Å². The molecule has 0 amide bonds. The van der Waals surface area contributed by atoms with Gasteiger partial charge in [0, 0.05) is 12.6 Å². The number of carboxylic acid groups (broad SMARTS) is 1. The van der Waals surface area contributed by atoms with E-state index in [1.807, 2.05) is 13.8 Å². The molecule has 0 saturated heterocycles. The van der Waals surface area contributed by atoms with Gasteiger partial charge in [-0.15, -0.1) is 0 Å². The molecule has 0 fully saturated rings. The van der Waals surface area contributed by atoms with Crippen molar-refractivity contribution in [2.24, 2.45) is 5.92 Å². The highest BCUT2D eigenvalue weighted by molar-refractivity contribution is 5.70. The summed E-state index contributed by atoms with van der Waals surface area (Å²) in [7, 11) is 0. The molecule has 0 radical (unpaired) electrons. The highest BCUT2D eigenvalue weighted by Gasteiger charge is 2.14. The van der Waals surface area contributed by atoms with Crippen molar-refractivity contribution in [1.82, 2.24) is 9.97 Å². The predicted molar refractivity (Wildman–Crippen MR) is 67.7 cm³/mol. The van der Waals surface area contributed by atoms with E-state index in [0.717, 1.165) is 6.42 Å². The first-order chi connectivity index (χ1) is 8.67. The Morgan fingerprint density at radius 2 is 2.28 bits per heavy atom. The van der Waals surface area contributed by atoms with E-state index in [1.165, 1.54) is 6.33 Å². The number of nitrogens with zero attached hydrogens (tertiary/aromatic N) is 2. The average Bonchev–Trinajstić information content (AvgIpc) is 2.37. The zero-order valence-corrected chi connectivity index (χ0v) is 10.7. The molecule has 1 heterocycles. The van der Waals surface area contributed by atoms with Gasteiger partial charge in [0.25, 0.3) is 0 Å². The molecule has 1 atom stereocenters. The minimum Gasteiger partial charge on any atom is -0.481 e. The quantitative estimate of drug-likeness (QED) is 0.734. The smallest absolute Gasteiger partial charge is 0.308 e. The van der Waals surface area contributed by atoms with Crippen LogP contribution in [-0.4, -0.2) is 34.2 Å². The molecule has 0 spiro atoms. The van der Waals surface area contributed by atoms with Gasteiger partial charge in [-0.3, -0.25) is 4.79 Å². The average molecular weight is 253 g/mol. The number of aliphatic carboxylic acids is 1. The maximum Gasteiger partial charge on any atom is 0.308 e. The highest BCUT2D eigenvalue weighted by atomic mass is 16.5. The van der Waals surface area contributed by atoms with Crippen LogP contribution < -0.4 is 10.1 Å². The Hall–Kier alpha value is -1.85.